The number of piperazine rings is 1. The number of carbonyl (C=O) groups excluding carboxylic acids is 2. The number of phenols is 1. The number of benzene rings is 2. The highest BCUT2D eigenvalue weighted by atomic mass is 35.5. The molecule has 12 heteroatoms. The summed E-state index contributed by atoms with van der Waals surface area (Å²) in [6.07, 6.45) is 2.32. The number of para-hydroxylation sites is 1. The highest BCUT2D eigenvalue weighted by Crippen LogP contribution is 2.49. The Morgan fingerprint density at radius 1 is 1.06 bits per heavy atom. The van der Waals surface area contributed by atoms with Crippen molar-refractivity contribution in [2.24, 2.45) is 5.92 Å². The van der Waals surface area contributed by atoms with Crippen LogP contribution in [0.5, 0.6) is 5.75 Å². The molecule has 1 aliphatic carbocycles. The van der Waals surface area contributed by atoms with Crippen LogP contribution < -0.4 is 10.6 Å². The zero-order chi connectivity index (χ0) is 33.9. The van der Waals surface area contributed by atoms with Crippen LogP contribution in [0.15, 0.2) is 36.4 Å². The summed E-state index contributed by atoms with van der Waals surface area (Å²) >= 11 is 6.01. The predicted molar refractivity (Wildman–Crippen MR) is 178 cm³/mol. The third-order valence-electron chi connectivity index (χ3n) is 11.0. The molecule has 3 N–H and O–H groups in total. The third kappa shape index (κ3) is 7.95. The van der Waals surface area contributed by atoms with Gasteiger partial charge in [-0.25, -0.2) is 0 Å². The number of halogens is 4. The first kappa shape index (κ1) is 35.0. The van der Waals surface area contributed by atoms with Crippen LogP contribution in [0.4, 0.5) is 18.9 Å². The number of nitrogens with zero attached hydrogens (tertiary/aromatic N) is 2. The Hall–Kier alpha value is -2.86. The fraction of sp³-hybridized carbons (Fsp3) is 0.611. The molecule has 4 aliphatic rings. The van der Waals surface area contributed by atoms with Crippen LogP contribution in [0.25, 0.3) is 0 Å². The number of ether oxygens (including phenoxy) is 1. The van der Waals surface area contributed by atoms with Crippen molar-refractivity contribution in [1.29, 1.82) is 0 Å². The number of piperidine rings is 1. The second-order valence-corrected chi connectivity index (χ2v) is 14.4. The first-order valence-corrected chi connectivity index (χ1v) is 17.7. The van der Waals surface area contributed by atoms with Gasteiger partial charge in [0, 0.05) is 62.8 Å². The van der Waals surface area contributed by atoms with Crippen molar-refractivity contribution in [2.45, 2.75) is 87.9 Å². The molecule has 0 unspecified atom stereocenters. The van der Waals surface area contributed by atoms with Gasteiger partial charge in [0.05, 0.1) is 10.6 Å². The van der Waals surface area contributed by atoms with E-state index >= 15 is 0 Å². The number of carbonyl (C=O) groups is 2. The van der Waals surface area contributed by atoms with Crippen LogP contribution in [0.3, 0.4) is 0 Å². The second kappa shape index (κ2) is 14.9. The van der Waals surface area contributed by atoms with Gasteiger partial charge in [-0.15, -0.1) is 0 Å². The quantitative estimate of drug-likeness (QED) is 0.274. The summed E-state index contributed by atoms with van der Waals surface area (Å²) in [4.78, 5) is 30.6. The van der Waals surface area contributed by atoms with Crippen molar-refractivity contribution in [1.82, 2.24) is 15.1 Å². The summed E-state index contributed by atoms with van der Waals surface area (Å²) in [5.41, 5.74) is 0.988. The van der Waals surface area contributed by atoms with Gasteiger partial charge < -0.3 is 25.4 Å². The molecular weight excluding hydrogens is 645 g/mol. The number of nitrogens with one attached hydrogen (secondary N) is 2. The standard InChI is InChI=1S/C36H46ClF3N4O4/c37-29-21-25(20-28(33(29)46)36(38,39)40)22-31(34(47)44-17-15-43(16-18-44)26-9-13-41-14-10-26)48-19-3-4-24-7-11-35(12-8-24)23-32(45)42-30-6-2-1-5-27(30)35/h1-2,5-6,20-21,24,26,31,41,46H,3-4,7-19,22-23H2,(H,42,45)/t24?,31-,35?/m1/s1. The van der Waals surface area contributed by atoms with E-state index in [9.17, 15) is 27.9 Å². The van der Waals surface area contributed by atoms with E-state index in [1.165, 1.54) is 11.6 Å². The monoisotopic (exact) mass is 690 g/mol. The van der Waals surface area contributed by atoms with Gasteiger partial charge in [-0.3, -0.25) is 14.5 Å². The lowest BCUT2D eigenvalue weighted by molar-refractivity contribution is -0.146. The Labute approximate surface area is 285 Å². The first-order valence-electron chi connectivity index (χ1n) is 17.4. The van der Waals surface area contributed by atoms with Gasteiger partial charge in [-0.05, 0) is 99.7 Å². The molecule has 2 amide bonds. The van der Waals surface area contributed by atoms with Gasteiger partial charge in [0.25, 0.3) is 5.91 Å². The molecule has 2 aromatic rings. The summed E-state index contributed by atoms with van der Waals surface area (Å²) < 4.78 is 47.2. The summed E-state index contributed by atoms with van der Waals surface area (Å²) in [7, 11) is 0. The zero-order valence-electron chi connectivity index (χ0n) is 27.3. The lowest BCUT2D eigenvalue weighted by Gasteiger charge is -2.43. The maximum Gasteiger partial charge on any atom is 0.420 e. The molecule has 48 heavy (non-hydrogen) atoms. The van der Waals surface area contributed by atoms with Crippen molar-refractivity contribution < 1.29 is 32.6 Å². The minimum absolute atomic E-state index is 0.0706. The minimum atomic E-state index is -4.79. The van der Waals surface area contributed by atoms with E-state index < -0.39 is 28.6 Å². The second-order valence-electron chi connectivity index (χ2n) is 14.0. The fourth-order valence-corrected chi connectivity index (χ4v) is 8.56. The van der Waals surface area contributed by atoms with E-state index in [0.29, 0.717) is 44.5 Å². The number of hydrogen-bond acceptors (Lipinski definition) is 6. The van der Waals surface area contributed by atoms with Crippen molar-refractivity contribution >= 4 is 29.1 Å². The number of aromatic hydroxyl groups is 1. The molecule has 2 saturated heterocycles. The van der Waals surface area contributed by atoms with Gasteiger partial charge in [-0.1, -0.05) is 29.8 Å². The molecule has 3 aliphatic heterocycles. The first-order chi connectivity index (χ1) is 23.0. The highest BCUT2D eigenvalue weighted by molar-refractivity contribution is 6.32. The highest BCUT2D eigenvalue weighted by Gasteiger charge is 2.42. The average molecular weight is 691 g/mol. The summed E-state index contributed by atoms with van der Waals surface area (Å²) in [5, 5.41) is 16.0. The zero-order valence-corrected chi connectivity index (χ0v) is 28.1. The summed E-state index contributed by atoms with van der Waals surface area (Å²) in [6, 6.07) is 10.7. The lowest BCUT2D eigenvalue weighted by atomic mass is 9.63. The molecule has 3 heterocycles. The van der Waals surface area contributed by atoms with Crippen LogP contribution in [-0.2, 0) is 32.3 Å². The topological polar surface area (TPSA) is 94.1 Å². The molecule has 1 atom stereocenters. The molecule has 2 aromatic carbocycles. The van der Waals surface area contributed by atoms with Crippen LogP contribution in [0.1, 0.15) is 74.5 Å². The van der Waals surface area contributed by atoms with Gasteiger partial charge in [0.2, 0.25) is 5.91 Å². The molecule has 0 radical (unpaired) electrons. The molecule has 0 aromatic heterocycles. The number of fused-ring (bicyclic) bond motifs is 2. The van der Waals surface area contributed by atoms with E-state index in [1.807, 2.05) is 18.2 Å². The minimum Gasteiger partial charge on any atom is -0.506 e. The molecule has 3 fully saturated rings. The molecule has 1 saturated carbocycles. The van der Waals surface area contributed by atoms with Crippen LogP contribution in [0, 0.1) is 5.92 Å². The van der Waals surface area contributed by atoms with E-state index in [0.717, 1.165) is 82.9 Å². The molecule has 1 spiro atoms. The Morgan fingerprint density at radius 3 is 2.48 bits per heavy atom. The van der Waals surface area contributed by atoms with Crippen molar-refractivity contribution in [2.75, 3.05) is 51.2 Å². The van der Waals surface area contributed by atoms with Crippen molar-refractivity contribution in [3.05, 3.63) is 58.1 Å². The lowest BCUT2D eigenvalue weighted by Crippen LogP contribution is -2.55. The maximum absolute atomic E-state index is 13.8. The van der Waals surface area contributed by atoms with Crippen LogP contribution in [-0.4, -0.2) is 84.7 Å². The van der Waals surface area contributed by atoms with E-state index in [-0.39, 0.29) is 29.2 Å². The molecular formula is C36H46ClF3N4O4. The Balaban J connectivity index is 1.07. The van der Waals surface area contributed by atoms with Gasteiger partial charge in [0.15, 0.2) is 0 Å². The Bertz CT molecular complexity index is 1450. The maximum atomic E-state index is 13.8. The van der Waals surface area contributed by atoms with Crippen molar-refractivity contribution in [3.63, 3.8) is 0 Å². The van der Waals surface area contributed by atoms with Gasteiger partial charge >= 0.3 is 6.18 Å². The van der Waals surface area contributed by atoms with Gasteiger partial charge in [0.1, 0.15) is 11.9 Å². The van der Waals surface area contributed by atoms with Crippen LogP contribution in [0.2, 0.25) is 5.02 Å². The molecule has 262 valence electrons. The number of rotatable bonds is 9. The molecule has 6 rings (SSSR count). The predicted octanol–water partition coefficient (Wildman–Crippen LogP) is 6.14. The summed E-state index contributed by atoms with van der Waals surface area (Å²) in [6.45, 7) is 4.86. The molecule has 0 bridgehead atoms. The van der Waals surface area contributed by atoms with Gasteiger partial charge in [-0.2, -0.15) is 13.2 Å². The number of phenolic OH excluding ortho intramolecular Hbond substituents is 1. The average Bonchev–Trinajstić information content (AvgIpc) is 3.08. The number of hydrogen-bond donors (Lipinski definition) is 3. The number of amides is 2. The van der Waals surface area contributed by atoms with Crippen molar-refractivity contribution in [3.8, 4) is 5.75 Å². The largest absolute Gasteiger partial charge is 0.506 e. The normalized spacial score (nSPS) is 24.7. The Morgan fingerprint density at radius 2 is 1.77 bits per heavy atom. The van der Waals surface area contributed by atoms with E-state index in [2.05, 4.69) is 21.6 Å². The smallest absolute Gasteiger partial charge is 0.420 e. The summed E-state index contributed by atoms with van der Waals surface area (Å²) in [5.74, 6) is -0.705. The molecule has 8 nitrogen and oxygen atoms in total. The number of alkyl halides is 3. The SMILES string of the molecule is O=C1CC2(CCC(CCCO[C@H](Cc3cc(Cl)c(O)c(C(F)(F)F)c3)C(=O)N3CCN(C4CCNCC4)CC3)CC2)c2ccccc2N1. The fourth-order valence-electron chi connectivity index (χ4n) is 8.32. The van der Waals surface area contributed by atoms with Crippen LogP contribution >= 0.6 is 11.6 Å². The van der Waals surface area contributed by atoms with E-state index in [1.54, 1.807) is 4.90 Å². The van der Waals surface area contributed by atoms with E-state index in [4.69, 9.17) is 16.3 Å². The Kier molecular flexibility index (Phi) is 10.9. The number of anilines is 1. The third-order valence-corrected chi connectivity index (χ3v) is 11.3.